The van der Waals surface area contributed by atoms with Crippen molar-refractivity contribution in [3.8, 4) is 17.2 Å². The van der Waals surface area contributed by atoms with Gasteiger partial charge in [-0.05, 0) is 48.2 Å². The average molecular weight is 448 g/mol. The highest BCUT2D eigenvalue weighted by Gasteiger charge is 2.28. The molecule has 2 heterocycles. The maximum absolute atomic E-state index is 10.3. The van der Waals surface area contributed by atoms with Crippen molar-refractivity contribution in [3.63, 3.8) is 0 Å². The molecule has 0 aliphatic carbocycles. The summed E-state index contributed by atoms with van der Waals surface area (Å²) in [4.78, 5) is 15.7. The quantitative estimate of drug-likeness (QED) is 0.256. The molecule has 35 heavy (non-hydrogen) atoms. The number of benzene rings is 3. The Bertz CT molecular complexity index is 1910. The summed E-state index contributed by atoms with van der Waals surface area (Å²) in [5, 5.41) is 10.7. The molecule has 5 rings (SSSR count). The first-order valence-electron chi connectivity index (χ1n) is 10.8. The van der Waals surface area contributed by atoms with E-state index in [2.05, 4.69) is 20.6 Å². The van der Waals surface area contributed by atoms with Crippen LogP contribution in [0.5, 0.6) is 0 Å². The van der Waals surface area contributed by atoms with Crippen LogP contribution >= 0.6 is 0 Å². The van der Waals surface area contributed by atoms with E-state index < -0.39 is 0 Å². The first kappa shape index (κ1) is 21.4. The van der Waals surface area contributed by atoms with Crippen molar-refractivity contribution in [2.45, 2.75) is 13.8 Å². The molecule has 0 amide bonds. The molecule has 162 valence electrons. The van der Waals surface area contributed by atoms with Gasteiger partial charge in [-0.25, -0.2) is 4.98 Å². The molecule has 0 spiro atoms. The lowest BCUT2D eigenvalue weighted by Gasteiger charge is -2.19. The Hall–Kier alpha value is -5.43. The van der Waals surface area contributed by atoms with E-state index >= 15 is 0 Å². The Labute approximate surface area is 202 Å². The maximum atomic E-state index is 10.3. The summed E-state index contributed by atoms with van der Waals surface area (Å²) in [6, 6.07) is 17.6. The minimum atomic E-state index is -0.100. The van der Waals surface area contributed by atoms with Crippen LogP contribution in [0.15, 0.2) is 54.6 Å². The average Bonchev–Trinajstić information content (AvgIpc) is 3.28. The van der Waals surface area contributed by atoms with Crippen LogP contribution in [0.25, 0.3) is 59.3 Å². The fourth-order valence-electron chi connectivity index (χ4n) is 4.78. The molecule has 3 aromatic carbocycles. The molecule has 0 N–H and O–H groups in total. The number of allylic oxidation sites excluding steroid dienone is 1. The van der Waals surface area contributed by atoms with Crippen LogP contribution in [0.4, 0.5) is 17.1 Å². The topological polar surface area (TPSA) is 54.2 Å². The second kappa shape index (κ2) is 8.17. The monoisotopic (exact) mass is 448 g/mol. The van der Waals surface area contributed by atoms with Gasteiger partial charge in [-0.1, -0.05) is 48.6 Å². The third-order valence-electron chi connectivity index (χ3n) is 6.16. The highest BCUT2D eigenvalue weighted by molar-refractivity contribution is 6.18. The number of para-hydroxylation sites is 2. The lowest BCUT2D eigenvalue weighted by Crippen LogP contribution is -2.00. The van der Waals surface area contributed by atoms with Crippen LogP contribution in [-0.4, -0.2) is 9.38 Å². The van der Waals surface area contributed by atoms with Crippen molar-refractivity contribution in [3.05, 3.63) is 106 Å². The summed E-state index contributed by atoms with van der Waals surface area (Å²) in [7, 11) is 0. The number of hydrogen-bond acceptors (Lipinski definition) is 2. The maximum Gasteiger partial charge on any atom is 0.203 e. The molecule has 0 atom stereocenters. The number of nitrogens with zero attached hydrogens (tertiary/aromatic N) is 6. The standard InChI is InChI=1S/C29H16N6/c1-6-11-18-12-7-8-13-19(18)23-17(2)29-34-21-14-9-10-15-22(21)35(29)28-20(16-30)25(31-3)27(33-5)26(32-4)24(23)28/h6-15H,1-2H3/b11-6-. The van der Waals surface area contributed by atoms with Gasteiger partial charge in [0.25, 0.3) is 0 Å². The summed E-state index contributed by atoms with van der Waals surface area (Å²) in [6.45, 7) is 27.4. The number of aromatic nitrogens is 2. The summed E-state index contributed by atoms with van der Waals surface area (Å²) >= 11 is 0. The minimum Gasteiger partial charge on any atom is -0.293 e. The van der Waals surface area contributed by atoms with E-state index in [0.717, 1.165) is 33.3 Å². The van der Waals surface area contributed by atoms with Gasteiger partial charge in [0, 0.05) is 10.9 Å². The molecule has 5 aromatic rings. The molecule has 0 aliphatic rings. The molecular weight excluding hydrogens is 432 g/mol. The molecule has 6 nitrogen and oxygen atoms in total. The van der Waals surface area contributed by atoms with Crippen molar-refractivity contribution < 1.29 is 0 Å². The molecule has 0 aliphatic heterocycles. The Kier molecular flexibility index (Phi) is 5.00. The molecule has 6 heteroatoms. The molecule has 2 aromatic heterocycles. The normalized spacial score (nSPS) is 10.9. The number of imidazole rings is 1. The van der Waals surface area contributed by atoms with E-state index in [9.17, 15) is 5.26 Å². The molecule has 0 unspecified atom stereocenters. The van der Waals surface area contributed by atoms with Crippen molar-refractivity contribution in [1.29, 1.82) is 5.26 Å². The molecule has 0 saturated heterocycles. The number of aryl methyl sites for hydroxylation is 1. The Morgan fingerprint density at radius 1 is 0.943 bits per heavy atom. The van der Waals surface area contributed by atoms with E-state index in [1.54, 1.807) is 0 Å². The van der Waals surface area contributed by atoms with Crippen LogP contribution in [0.1, 0.15) is 23.6 Å². The van der Waals surface area contributed by atoms with Crippen LogP contribution < -0.4 is 0 Å². The minimum absolute atomic E-state index is 0.0753. The number of fused-ring (bicyclic) bond motifs is 5. The third kappa shape index (κ3) is 2.89. The van der Waals surface area contributed by atoms with E-state index in [4.69, 9.17) is 24.7 Å². The summed E-state index contributed by atoms with van der Waals surface area (Å²) in [5.41, 5.74) is 5.90. The molecule has 0 radical (unpaired) electrons. The highest BCUT2D eigenvalue weighted by Crippen LogP contribution is 2.52. The lowest BCUT2D eigenvalue weighted by atomic mass is 9.90. The summed E-state index contributed by atoms with van der Waals surface area (Å²) < 4.78 is 1.86. The summed E-state index contributed by atoms with van der Waals surface area (Å²) in [6.07, 6.45) is 3.93. The Morgan fingerprint density at radius 3 is 2.31 bits per heavy atom. The van der Waals surface area contributed by atoms with Gasteiger partial charge < -0.3 is 0 Å². The van der Waals surface area contributed by atoms with Crippen LogP contribution in [-0.2, 0) is 0 Å². The molecular formula is C29H16N6. The fraction of sp³-hybridized carbons (Fsp3) is 0.0690. The largest absolute Gasteiger partial charge is 0.293 e. The summed E-state index contributed by atoms with van der Waals surface area (Å²) in [5.74, 6) is 0. The van der Waals surface area contributed by atoms with Gasteiger partial charge in [-0.2, -0.15) is 5.26 Å². The predicted octanol–water partition coefficient (Wildman–Crippen LogP) is 8.17. The van der Waals surface area contributed by atoms with Crippen LogP contribution in [0.3, 0.4) is 0 Å². The Morgan fingerprint density at radius 2 is 1.63 bits per heavy atom. The number of nitriles is 1. The zero-order valence-electron chi connectivity index (χ0n) is 19.0. The van der Waals surface area contributed by atoms with E-state index in [1.165, 1.54) is 0 Å². The van der Waals surface area contributed by atoms with Crippen molar-refractivity contribution in [2.75, 3.05) is 0 Å². The molecule has 0 bridgehead atoms. The van der Waals surface area contributed by atoms with Gasteiger partial charge in [0.1, 0.15) is 5.65 Å². The van der Waals surface area contributed by atoms with E-state index in [1.807, 2.05) is 78.9 Å². The number of rotatable bonds is 2. The first-order chi connectivity index (χ1) is 17.1. The molecule has 0 fully saturated rings. The smallest absolute Gasteiger partial charge is 0.203 e. The number of hydrogen-bond donors (Lipinski definition) is 0. The lowest BCUT2D eigenvalue weighted by molar-refractivity contribution is 1.26. The second-order valence-electron chi connectivity index (χ2n) is 7.94. The zero-order chi connectivity index (χ0) is 24.7. The first-order valence-corrected chi connectivity index (χ1v) is 10.8. The zero-order valence-corrected chi connectivity index (χ0v) is 19.0. The SMILES string of the molecule is [C-]#[N+]c1c([N+]#[C-])c(C#N)c2c(c1[N+]#[C-])c(-c1ccccc1/C=C\C)c(C)c1nc3ccccc3n12. The van der Waals surface area contributed by atoms with Crippen molar-refractivity contribution >= 4 is 50.7 Å². The fourth-order valence-corrected chi connectivity index (χ4v) is 4.78. The van der Waals surface area contributed by atoms with E-state index in [-0.39, 0.29) is 22.6 Å². The second-order valence-corrected chi connectivity index (χ2v) is 7.94. The van der Waals surface area contributed by atoms with Gasteiger partial charge >= 0.3 is 0 Å². The van der Waals surface area contributed by atoms with E-state index in [0.29, 0.717) is 16.6 Å². The molecule has 0 saturated carbocycles. The Balaban J connectivity index is 2.24. The van der Waals surface area contributed by atoms with Gasteiger partial charge in [0.2, 0.25) is 11.4 Å². The van der Waals surface area contributed by atoms with Gasteiger partial charge in [-0.3, -0.25) is 18.9 Å². The van der Waals surface area contributed by atoms with Crippen LogP contribution in [0, 0.1) is 38.0 Å². The number of pyridine rings is 1. The van der Waals surface area contributed by atoms with Crippen molar-refractivity contribution in [2.24, 2.45) is 0 Å². The van der Waals surface area contributed by atoms with Crippen molar-refractivity contribution in [1.82, 2.24) is 9.38 Å². The predicted molar refractivity (Wildman–Crippen MR) is 139 cm³/mol. The van der Waals surface area contributed by atoms with Gasteiger partial charge in [0.15, 0.2) is 5.69 Å². The third-order valence-corrected chi connectivity index (χ3v) is 6.16. The highest BCUT2D eigenvalue weighted by atomic mass is 15.0. The van der Waals surface area contributed by atoms with Gasteiger partial charge in [-0.15, -0.1) is 0 Å². The van der Waals surface area contributed by atoms with Gasteiger partial charge in [0.05, 0.1) is 42.4 Å². The van der Waals surface area contributed by atoms with Crippen LogP contribution in [0.2, 0.25) is 0 Å².